The van der Waals surface area contributed by atoms with E-state index in [2.05, 4.69) is 10.6 Å². The van der Waals surface area contributed by atoms with Gasteiger partial charge in [-0.1, -0.05) is 23.2 Å². The first-order valence-corrected chi connectivity index (χ1v) is 6.24. The SMILES string of the molecule is CNC(=O)[C@@H](C)N[C@H](C)c1cc(F)c(Cl)cc1Cl. The van der Waals surface area contributed by atoms with Gasteiger partial charge in [-0.2, -0.15) is 0 Å². The molecule has 100 valence electrons. The summed E-state index contributed by atoms with van der Waals surface area (Å²) < 4.78 is 13.4. The summed E-state index contributed by atoms with van der Waals surface area (Å²) in [5.74, 6) is -0.676. The molecule has 0 heterocycles. The lowest BCUT2D eigenvalue weighted by Crippen LogP contribution is -2.41. The lowest BCUT2D eigenvalue weighted by atomic mass is 10.1. The Labute approximate surface area is 116 Å². The van der Waals surface area contributed by atoms with E-state index in [0.717, 1.165) is 0 Å². The lowest BCUT2D eigenvalue weighted by Gasteiger charge is -2.20. The maximum Gasteiger partial charge on any atom is 0.236 e. The lowest BCUT2D eigenvalue weighted by molar-refractivity contribution is -0.122. The van der Waals surface area contributed by atoms with Gasteiger partial charge in [-0.25, -0.2) is 4.39 Å². The molecule has 0 aliphatic carbocycles. The van der Waals surface area contributed by atoms with E-state index in [-0.39, 0.29) is 17.0 Å². The maximum atomic E-state index is 13.4. The van der Waals surface area contributed by atoms with Crippen LogP contribution in [0.1, 0.15) is 25.5 Å². The average Bonchev–Trinajstić information content (AvgIpc) is 2.32. The Bertz CT molecular complexity index is 454. The Hall–Kier alpha value is -0.840. The fraction of sp³-hybridized carbons (Fsp3) is 0.417. The number of nitrogens with one attached hydrogen (secondary N) is 2. The van der Waals surface area contributed by atoms with Crippen LogP contribution in [0.25, 0.3) is 0 Å². The molecule has 1 aromatic rings. The van der Waals surface area contributed by atoms with E-state index in [1.165, 1.54) is 12.1 Å². The predicted octanol–water partition coefficient (Wildman–Crippen LogP) is 2.92. The number of halogens is 3. The standard InChI is InChI=1S/C12H15Cl2FN2O/c1-6(17-7(2)12(18)16-3)8-4-11(15)10(14)5-9(8)13/h4-7,17H,1-3H3,(H,16,18)/t6-,7-/m1/s1. The summed E-state index contributed by atoms with van der Waals surface area (Å²) in [6.07, 6.45) is 0. The van der Waals surface area contributed by atoms with Crippen molar-refractivity contribution in [3.05, 3.63) is 33.6 Å². The minimum absolute atomic E-state index is 0.0182. The quantitative estimate of drug-likeness (QED) is 0.838. The van der Waals surface area contributed by atoms with Crippen molar-refractivity contribution in [3.63, 3.8) is 0 Å². The molecule has 0 aliphatic heterocycles. The van der Waals surface area contributed by atoms with E-state index in [1.807, 2.05) is 0 Å². The Kier molecular flexibility index (Phi) is 5.38. The first kappa shape index (κ1) is 15.2. The van der Waals surface area contributed by atoms with E-state index in [1.54, 1.807) is 20.9 Å². The molecule has 0 spiro atoms. The molecule has 0 saturated carbocycles. The molecule has 0 fully saturated rings. The number of hydrogen-bond donors (Lipinski definition) is 2. The zero-order chi connectivity index (χ0) is 13.9. The van der Waals surface area contributed by atoms with Crippen LogP contribution in [-0.2, 0) is 4.79 Å². The normalized spacial score (nSPS) is 14.1. The number of carbonyl (C=O) groups excluding carboxylic acids is 1. The van der Waals surface area contributed by atoms with Gasteiger partial charge in [-0.15, -0.1) is 0 Å². The summed E-state index contributed by atoms with van der Waals surface area (Å²) in [5, 5.41) is 5.90. The van der Waals surface area contributed by atoms with Crippen LogP contribution in [0.2, 0.25) is 10.0 Å². The molecule has 1 aromatic carbocycles. The van der Waals surface area contributed by atoms with Crippen LogP contribution in [0.4, 0.5) is 4.39 Å². The summed E-state index contributed by atoms with van der Waals surface area (Å²) in [4.78, 5) is 11.4. The second-order valence-electron chi connectivity index (χ2n) is 4.01. The number of benzene rings is 1. The average molecular weight is 293 g/mol. The minimum atomic E-state index is -0.530. The van der Waals surface area contributed by atoms with Crippen molar-refractivity contribution in [3.8, 4) is 0 Å². The molecule has 1 amide bonds. The molecule has 1 rings (SSSR count). The Morgan fingerprint density at radius 3 is 2.44 bits per heavy atom. The fourth-order valence-electron chi connectivity index (χ4n) is 1.63. The highest BCUT2D eigenvalue weighted by Crippen LogP contribution is 2.28. The van der Waals surface area contributed by atoms with Crippen molar-refractivity contribution in [2.45, 2.75) is 25.9 Å². The smallest absolute Gasteiger partial charge is 0.236 e. The Morgan fingerprint density at radius 1 is 1.28 bits per heavy atom. The third kappa shape index (κ3) is 3.57. The van der Waals surface area contributed by atoms with Gasteiger partial charge in [0.1, 0.15) is 5.82 Å². The van der Waals surface area contributed by atoms with Gasteiger partial charge in [0.25, 0.3) is 0 Å². The second kappa shape index (κ2) is 6.36. The Morgan fingerprint density at radius 2 is 1.89 bits per heavy atom. The third-order valence-electron chi connectivity index (χ3n) is 2.65. The number of likely N-dealkylation sites (N-methyl/N-ethyl adjacent to an activating group) is 1. The summed E-state index contributed by atoms with van der Waals surface area (Å²) in [6.45, 7) is 3.52. The third-order valence-corrected chi connectivity index (χ3v) is 3.26. The van der Waals surface area contributed by atoms with E-state index < -0.39 is 11.9 Å². The maximum absolute atomic E-state index is 13.4. The highest BCUT2D eigenvalue weighted by atomic mass is 35.5. The summed E-state index contributed by atoms with van der Waals surface area (Å²) in [7, 11) is 1.56. The molecule has 0 aromatic heterocycles. The number of carbonyl (C=O) groups is 1. The van der Waals surface area contributed by atoms with Gasteiger partial charge in [0.05, 0.1) is 11.1 Å². The van der Waals surface area contributed by atoms with E-state index in [9.17, 15) is 9.18 Å². The van der Waals surface area contributed by atoms with Crippen LogP contribution in [0.3, 0.4) is 0 Å². The first-order valence-electron chi connectivity index (χ1n) is 5.49. The molecule has 0 radical (unpaired) electrons. The zero-order valence-corrected chi connectivity index (χ0v) is 11.9. The van der Waals surface area contributed by atoms with E-state index in [0.29, 0.717) is 10.6 Å². The minimum Gasteiger partial charge on any atom is -0.358 e. The van der Waals surface area contributed by atoms with Crippen LogP contribution in [0.15, 0.2) is 12.1 Å². The number of amides is 1. The molecular weight excluding hydrogens is 278 g/mol. The van der Waals surface area contributed by atoms with E-state index in [4.69, 9.17) is 23.2 Å². The second-order valence-corrected chi connectivity index (χ2v) is 4.83. The van der Waals surface area contributed by atoms with Crippen molar-refractivity contribution in [1.29, 1.82) is 0 Å². The van der Waals surface area contributed by atoms with Crippen molar-refractivity contribution in [2.75, 3.05) is 7.05 Å². The number of rotatable bonds is 4. The summed E-state index contributed by atoms with van der Waals surface area (Å²) in [5.41, 5.74) is 0.564. The Balaban J connectivity index is 2.87. The molecule has 2 N–H and O–H groups in total. The molecule has 0 unspecified atom stereocenters. The predicted molar refractivity (Wildman–Crippen MR) is 71.5 cm³/mol. The number of hydrogen-bond acceptors (Lipinski definition) is 2. The van der Waals surface area contributed by atoms with Crippen LogP contribution >= 0.6 is 23.2 Å². The molecule has 0 saturated heterocycles. The molecule has 18 heavy (non-hydrogen) atoms. The van der Waals surface area contributed by atoms with Gasteiger partial charge in [0, 0.05) is 18.1 Å². The van der Waals surface area contributed by atoms with Crippen molar-refractivity contribution >= 4 is 29.1 Å². The largest absolute Gasteiger partial charge is 0.358 e. The van der Waals surface area contributed by atoms with Gasteiger partial charge < -0.3 is 5.32 Å². The zero-order valence-electron chi connectivity index (χ0n) is 10.4. The van der Waals surface area contributed by atoms with Crippen LogP contribution < -0.4 is 10.6 Å². The van der Waals surface area contributed by atoms with Gasteiger partial charge >= 0.3 is 0 Å². The van der Waals surface area contributed by atoms with Gasteiger partial charge in [0.2, 0.25) is 5.91 Å². The summed E-state index contributed by atoms with van der Waals surface area (Å²) >= 11 is 11.6. The van der Waals surface area contributed by atoms with Crippen LogP contribution in [-0.4, -0.2) is 19.0 Å². The van der Waals surface area contributed by atoms with Crippen LogP contribution in [0.5, 0.6) is 0 Å². The van der Waals surface area contributed by atoms with Crippen molar-refractivity contribution < 1.29 is 9.18 Å². The highest BCUT2D eigenvalue weighted by molar-refractivity contribution is 6.35. The van der Waals surface area contributed by atoms with Gasteiger partial charge in [-0.05, 0) is 31.5 Å². The molecule has 3 nitrogen and oxygen atoms in total. The van der Waals surface area contributed by atoms with Crippen molar-refractivity contribution in [1.82, 2.24) is 10.6 Å². The topological polar surface area (TPSA) is 41.1 Å². The van der Waals surface area contributed by atoms with Crippen LogP contribution in [0, 0.1) is 5.82 Å². The molecule has 0 bridgehead atoms. The molecular formula is C12H15Cl2FN2O. The summed E-state index contributed by atoms with van der Waals surface area (Å²) in [6, 6.07) is 1.96. The van der Waals surface area contributed by atoms with Crippen molar-refractivity contribution in [2.24, 2.45) is 0 Å². The fourth-order valence-corrected chi connectivity index (χ4v) is 2.17. The highest BCUT2D eigenvalue weighted by Gasteiger charge is 2.18. The monoisotopic (exact) mass is 292 g/mol. The van der Waals surface area contributed by atoms with Gasteiger partial charge in [-0.3, -0.25) is 10.1 Å². The molecule has 0 aliphatic rings. The first-order chi connectivity index (χ1) is 8.36. The molecule has 2 atom stereocenters. The molecule has 6 heteroatoms. The van der Waals surface area contributed by atoms with Gasteiger partial charge in [0.15, 0.2) is 0 Å². The van der Waals surface area contributed by atoms with E-state index >= 15 is 0 Å².